The number of benzene rings is 1. The molecule has 10 heteroatoms. The predicted molar refractivity (Wildman–Crippen MR) is 78.4 cm³/mol. The minimum Gasteiger partial charge on any atom is -0.333 e. The number of halogens is 3. The molecule has 1 aromatic rings. The Morgan fingerprint density at radius 2 is 1.69 bits per heavy atom. The molecule has 3 amide bonds. The van der Waals surface area contributed by atoms with Gasteiger partial charge in [-0.05, 0) is 25.0 Å². The molecule has 2 aliphatic rings. The van der Waals surface area contributed by atoms with Gasteiger partial charge in [0, 0.05) is 6.54 Å². The minimum absolute atomic E-state index is 0.0187. The van der Waals surface area contributed by atoms with E-state index in [1.54, 1.807) is 0 Å². The van der Waals surface area contributed by atoms with Crippen LogP contribution < -0.4 is 0 Å². The fourth-order valence-electron chi connectivity index (χ4n) is 2.94. The Morgan fingerprint density at radius 1 is 1.12 bits per heavy atom. The molecular formula is C16H13F3N2O5. The Morgan fingerprint density at radius 3 is 2.23 bits per heavy atom. The number of carbonyl (C=O) groups is 4. The van der Waals surface area contributed by atoms with Gasteiger partial charge in [0.15, 0.2) is 0 Å². The Kier molecular flexibility index (Phi) is 4.43. The van der Waals surface area contributed by atoms with Crippen LogP contribution in [0.1, 0.15) is 33.6 Å². The molecule has 0 bridgehead atoms. The van der Waals surface area contributed by atoms with Crippen LogP contribution in [0.2, 0.25) is 0 Å². The Balaban J connectivity index is 1.71. The van der Waals surface area contributed by atoms with Crippen molar-refractivity contribution in [1.29, 1.82) is 0 Å². The molecule has 0 spiro atoms. The first kappa shape index (κ1) is 17.9. The third-order valence-corrected chi connectivity index (χ3v) is 4.12. The second-order valence-electron chi connectivity index (χ2n) is 5.93. The molecule has 0 aliphatic carbocycles. The smallest absolute Gasteiger partial charge is 0.333 e. The summed E-state index contributed by atoms with van der Waals surface area (Å²) < 4.78 is 37.5. The van der Waals surface area contributed by atoms with Crippen molar-refractivity contribution in [3.05, 3.63) is 35.4 Å². The van der Waals surface area contributed by atoms with Gasteiger partial charge in [-0.3, -0.25) is 14.4 Å². The van der Waals surface area contributed by atoms with Crippen LogP contribution in [0.3, 0.4) is 0 Å². The average molecular weight is 370 g/mol. The summed E-state index contributed by atoms with van der Waals surface area (Å²) >= 11 is 0. The molecular weight excluding hydrogens is 357 g/mol. The summed E-state index contributed by atoms with van der Waals surface area (Å²) in [4.78, 5) is 53.9. The summed E-state index contributed by atoms with van der Waals surface area (Å²) in [5.41, 5.74) is 0.0814. The summed E-state index contributed by atoms with van der Waals surface area (Å²) in [6.45, 7) is -1.60. The normalized spacial score (nSPS) is 20.4. The number of carbonyl (C=O) groups excluding carboxylic acids is 4. The average Bonchev–Trinajstić information content (AvgIpc) is 2.81. The monoisotopic (exact) mass is 370 g/mol. The van der Waals surface area contributed by atoms with E-state index in [0.717, 1.165) is 0 Å². The molecule has 0 aromatic heterocycles. The van der Waals surface area contributed by atoms with E-state index in [0.29, 0.717) is 4.90 Å². The van der Waals surface area contributed by atoms with Crippen molar-refractivity contribution in [2.24, 2.45) is 5.92 Å². The lowest BCUT2D eigenvalue weighted by Crippen LogP contribution is -2.49. The molecule has 1 unspecified atom stereocenters. The van der Waals surface area contributed by atoms with Gasteiger partial charge < -0.3 is 9.74 Å². The number of hydroxylamine groups is 2. The molecule has 0 radical (unpaired) electrons. The van der Waals surface area contributed by atoms with E-state index in [1.807, 2.05) is 0 Å². The first-order chi connectivity index (χ1) is 12.2. The van der Waals surface area contributed by atoms with Crippen molar-refractivity contribution in [1.82, 2.24) is 9.96 Å². The van der Waals surface area contributed by atoms with Crippen LogP contribution in [-0.2, 0) is 14.4 Å². The molecule has 0 N–H and O–H groups in total. The topological polar surface area (TPSA) is 84.0 Å². The molecule has 3 rings (SSSR count). The van der Waals surface area contributed by atoms with E-state index in [1.165, 1.54) is 24.3 Å². The Hall–Kier alpha value is -2.91. The number of imide groups is 1. The van der Waals surface area contributed by atoms with Crippen LogP contribution in [0, 0.1) is 5.92 Å². The zero-order valence-corrected chi connectivity index (χ0v) is 13.3. The molecule has 1 aromatic carbocycles. The second-order valence-corrected chi connectivity index (χ2v) is 5.93. The SMILES string of the molecule is O=C(ON1C(=O)c2ccccc2C1=O)C1CCCN(CC(F)(F)F)C1=O. The van der Waals surface area contributed by atoms with Crippen molar-refractivity contribution >= 4 is 23.7 Å². The molecule has 7 nitrogen and oxygen atoms in total. The molecule has 1 saturated heterocycles. The van der Waals surface area contributed by atoms with Gasteiger partial charge in [0.05, 0.1) is 11.1 Å². The molecule has 2 heterocycles. The van der Waals surface area contributed by atoms with Crippen LogP contribution in [-0.4, -0.2) is 52.9 Å². The standard InChI is InChI=1S/C16H13F3N2O5/c17-16(18,19)8-20-7-3-6-11(12(20)22)15(25)26-21-13(23)9-4-1-2-5-10(9)14(21)24/h1-2,4-5,11H,3,6-8H2. The van der Waals surface area contributed by atoms with E-state index in [9.17, 15) is 32.3 Å². The Labute approximate surface area is 145 Å². The van der Waals surface area contributed by atoms with Gasteiger partial charge >= 0.3 is 12.1 Å². The van der Waals surface area contributed by atoms with Crippen molar-refractivity contribution in [3.63, 3.8) is 0 Å². The van der Waals surface area contributed by atoms with E-state index in [-0.39, 0.29) is 35.6 Å². The minimum atomic E-state index is -4.59. The maximum atomic E-state index is 12.5. The lowest BCUT2D eigenvalue weighted by Gasteiger charge is -2.31. The number of nitrogens with zero attached hydrogens (tertiary/aromatic N) is 2. The predicted octanol–water partition coefficient (Wildman–Crippen LogP) is 1.54. The largest absolute Gasteiger partial charge is 0.406 e. The number of alkyl halides is 3. The van der Waals surface area contributed by atoms with Gasteiger partial charge in [0.2, 0.25) is 5.91 Å². The summed E-state index contributed by atoms with van der Waals surface area (Å²) in [7, 11) is 0. The lowest BCUT2D eigenvalue weighted by atomic mass is 9.97. The zero-order valence-electron chi connectivity index (χ0n) is 13.3. The molecule has 1 fully saturated rings. The van der Waals surface area contributed by atoms with Crippen molar-refractivity contribution < 1.29 is 37.2 Å². The summed E-state index contributed by atoms with van der Waals surface area (Å²) in [6.07, 6.45) is -4.44. The number of likely N-dealkylation sites (tertiary alicyclic amines) is 1. The fraction of sp³-hybridized carbons (Fsp3) is 0.375. The number of piperidine rings is 1. The van der Waals surface area contributed by atoms with Crippen molar-refractivity contribution in [2.45, 2.75) is 19.0 Å². The summed E-state index contributed by atoms with van der Waals surface area (Å²) in [6, 6.07) is 5.80. The highest BCUT2D eigenvalue weighted by Gasteiger charge is 2.44. The molecule has 26 heavy (non-hydrogen) atoms. The number of hydrogen-bond donors (Lipinski definition) is 0. The van der Waals surface area contributed by atoms with E-state index < -0.39 is 42.3 Å². The number of amides is 3. The summed E-state index contributed by atoms with van der Waals surface area (Å²) in [5.74, 6) is -5.48. The van der Waals surface area contributed by atoms with Gasteiger partial charge in [0.1, 0.15) is 12.5 Å². The molecule has 138 valence electrons. The summed E-state index contributed by atoms with van der Waals surface area (Å²) in [5, 5.41) is 0.239. The highest BCUT2D eigenvalue weighted by molar-refractivity contribution is 6.21. The maximum Gasteiger partial charge on any atom is 0.406 e. The first-order valence-electron chi connectivity index (χ1n) is 7.74. The third-order valence-electron chi connectivity index (χ3n) is 4.12. The molecule has 2 aliphatic heterocycles. The second kappa shape index (κ2) is 6.43. The van der Waals surface area contributed by atoms with Crippen molar-refractivity contribution in [2.75, 3.05) is 13.1 Å². The van der Waals surface area contributed by atoms with Gasteiger partial charge in [-0.25, -0.2) is 4.79 Å². The zero-order chi connectivity index (χ0) is 19.1. The van der Waals surface area contributed by atoms with Gasteiger partial charge in [-0.15, -0.1) is 0 Å². The van der Waals surface area contributed by atoms with Crippen LogP contribution >= 0.6 is 0 Å². The van der Waals surface area contributed by atoms with Gasteiger partial charge in [-0.2, -0.15) is 13.2 Å². The maximum absolute atomic E-state index is 12.5. The Bertz CT molecular complexity index is 757. The highest BCUT2D eigenvalue weighted by atomic mass is 19.4. The van der Waals surface area contributed by atoms with Crippen LogP contribution in [0.15, 0.2) is 24.3 Å². The van der Waals surface area contributed by atoms with E-state index in [4.69, 9.17) is 4.84 Å². The van der Waals surface area contributed by atoms with Crippen LogP contribution in [0.5, 0.6) is 0 Å². The fourth-order valence-corrected chi connectivity index (χ4v) is 2.94. The van der Waals surface area contributed by atoms with Crippen molar-refractivity contribution in [3.8, 4) is 0 Å². The number of hydrogen-bond acceptors (Lipinski definition) is 5. The van der Waals surface area contributed by atoms with Gasteiger partial charge in [0.25, 0.3) is 11.8 Å². The van der Waals surface area contributed by atoms with Crippen LogP contribution in [0.4, 0.5) is 13.2 Å². The van der Waals surface area contributed by atoms with E-state index in [2.05, 4.69) is 0 Å². The quantitative estimate of drug-likeness (QED) is 0.595. The van der Waals surface area contributed by atoms with E-state index >= 15 is 0 Å². The highest BCUT2D eigenvalue weighted by Crippen LogP contribution is 2.27. The molecule has 1 atom stereocenters. The van der Waals surface area contributed by atoms with Gasteiger partial charge in [-0.1, -0.05) is 17.2 Å². The first-order valence-corrected chi connectivity index (χ1v) is 7.74. The number of rotatable bonds is 3. The third kappa shape index (κ3) is 3.26. The lowest BCUT2D eigenvalue weighted by molar-refractivity contribution is -0.184. The number of fused-ring (bicyclic) bond motifs is 1. The van der Waals surface area contributed by atoms with Crippen LogP contribution in [0.25, 0.3) is 0 Å². The molecule has 0 saturated carbocycles.